The van der Waals surface area contributed by atoms with E-state index in [-0.39, 0.29) is 18.4 Å². The van der Waals surface area contributed by atoms with Gasteiger partial charge in [0.2, 0.25) is 0 Å². The van der Waals surface area contributed by atoms with Gasteiger partial charge in [-0.1, -0.05) is 24.8 Å². The zero-order valence-corrected chi connectivity index (χ0v) is 16.3. The zero-order valence-electron chi connectivity index (χ0n) is 15.6. The third kappa shape index (κ3) is 7.64. The van der Waals surface area contributed by atoms with Gasteiger partial charge >= 0.3 is 11.9 Å². The Hall–Kier alpha value is -2.63. The van der Waals surface area contributed by atoms with Gasteiger partial charge in [0, 0.05) is 11.6 Å². The number of hydrogen-bond acceptors (Lipinski definition) is 4. The van der Waals surface area contributed by atoms with E-state index in [4.69, 9.17) is 9.47 Å². The summed E-state index contributed by atoms with van der Waals surface area (Å²) in [6.07, 6.45) is 1.16. The maximum Gasteiger partial charge on any atom is 0.343 e. The van der Waals surface area contributed by atoms with Gasteiger partial charge in [0.1, 0.15) is 25.4 Å². The van der Waals surface area contributed by atoms with E-state index in [1.54, 1.807) is 36.4 Å². The highest BCUT2D eigenvalue weighted by molar-refractivity contribution is 5.90. The molecule has 5 nitrogen and oxygen atoms in total. The lowest BCUT2D eigenvalue weighted by Gasteiger charge is -2.29. The molecule has 0 fully saturated rings. The Morgan fingerprint density at radius 2 is 1.67 bits per heavy atom. The number of nitrogens with zero attached hydrogens (tertiary/aromatic N) is 1. The highest BCUT2D eigenvalue weighted by atomic mass is 35.5. The quantitative estimate of drug-likeness (QED) is 0.280. The number of carbonyl (C=O) groups is 2. The molecule has 0 saturated carbocycles. The second-order valence-electron chi connectivity index (χ2n) is 6.59. The van der Waals surface area contributed by atoms with Gasteiger partial charge in [-0.25, -0.2) is 9.59 Å². The fraction of sp³-hybridized carbons (Fsp3) is 0.238. The Morgan fingerprint density at radius 3 is 2.26 bits per heavy atom. The molecule has 0 heterocycles. The van der Waals surface area contributed by atoms with Gasteiger partial charge in [0.05, 0.1) is 19.7 Å². The van der Waals surface area contributed by atoms with Crippen LogP contribution in [-0.4, -0.2) is 43.7 Å². The fourth-order valence-electron chi connectivity index (χ4n) is 2.43. The van der Waals surface area contributed by atoms with Crippen molar-refractivity contribution in [3.63, 3.8) is 0 Å². The molecule has 2 aromatic carbocycles. The van der Waals surface area contributed by atoms with Crippen molar-refractivity contribution < 1.29 is 36.0 Å². The topological polar surface area (TPSA) is 52.6 Å². The van der Waals surface area contributed by atoms with Gasteiger partial charge in [-0.2, -0.15) is 0 Å². The van der Waals surface area contributed by atoms with Crippen LogP contribution in [0.1, 0.15) is 15.9 Å². The van der Waals surface area contributed by atoms with Crippen LogP contribution in [0.5, 0.6) is 5.75 Å². The lowest BCUT2D eigenvalue weighted by atomic mass is 10.2. The minimum Gasteiger partial charge on any atom is -1.00 e. The van der Waals surface area contributed by atoms with E-state index in [1.807, 2.05) is 18.2 Å². The van der Waals surface area contributed by atoms with Crippen molar-refractivity contribution in [1.82, 2.24) is 0 Å². The van der Waals surface area contributed by atoms with Gasteiger partial charge in [-0.05, 0) is 36.4 Å². The Balaban J connectivity index is 0.00000364. The summed E-state index contributed by atoms with van der Waals surface area (Å²) in [5.41, 5.74) is 1.62. The van der Waals surface area contributed by atoms with Crippen LogP contribution in [0.15, 0.2) is 67.3 Å². The van der Waals surface area contributed by atoms with Gasteiger partial charge < -0.3 is 26.4 Å². The molecule has 0 aliphatic heterocycles. The van der Waals surface area contributed by atoms with Crippen molar-refractivity contribution in [3.05, 3.63) is 78.4 Å². The van der Waals surface area contributed by atoms with Crippen LogP contribution >= 0.6 is 0 Å². The molecule has 0 amide bonds. The third-order valence-corrected chi connectivity index (χ3v) is 3.86. The molecule has 0 spiro atoms. The molecule has 0 unspecified atom stereocenters. The van der Waals surface area contributed by atoms with E-state index >= 15 is 0 Å². The molecule has 0 aromatic heterocycles. The van der Waals surface area contributed by atoms with Crippen LogP contribution in [0.3, 0.4) is 0 Å². The van der Waals surface area contributed by atoms with Crippen molar-refractivity contribution in [2.75, 3.05) is 27.2 Å². The Bertz CT molecular complexity index is 758. The molecular weight excluding hydrogens is 366 g/mol. The summed E-state index contributed by atoms with van der Waals surface area (Å²) in [6.45, 7) is 5.16. The van der Waals surface area contributed by atoms with Crippen molar-refractivity contribution in [1.29, 1.82) is 0 Å². The minimum absolute atomic E-state index is 0. The maximum atomic E-state index is 12.1. The molecule has 0 atom stereocenters. The highest BCUT2D eigenvalue weighted by Crippen LogP contribution is 2.17. The van der Waals surface area contributed by atoms with Crippen LogP contribution in [0, 0.1) is 0 Å². The average molecular weight is 390 g/mol. The largest absolute Gasteiger partial charge is 1.00 e. The summed E-state index contributed by atoms with van der Waals surface area (Å²) in [4.78, 5) is 23.1. The molecule has 0 bridgehead atoms. The number of likely N-dealkylation sites (N-methyl/N-ethyl adjacent to an activating group) is 1. The van der Waals surface area contributed by atoms with Crippen molar-refractivity contribution in [2.24, 2.45) is 0 Å². The molecule has 0 radical (unpaired) electrons. The van der Waals surface area contributed by atoms with Crippen LogP contribution in [0.2, 0.25) is 0 Å². The summed E-state index contributed by atoms with van der Waals surface area (Å²) in [7, 11) is 4.12. The average Bonchev–Trinajstić information content (AvgIpc) is 2.63. The standard InChI is InChI=1S/C21H24NO4.ClH/c1-4-20(23)25-15-14-22(2,3)16-17-10-12-19(13-11-17)26-21(24)18-8-6-5-7-9-18;/h4-13H,1,14-16H2,2-3H3;1H/q+1;/p-1. The zero-order chi connectivity index (χ0) is 19.0. The monoisotopic (exact) mass is 389 g/mol. The molecule has 0 N–H and O–H groups in total. The van der Waals surface area contributed by atoms with E-state index in [2.05, 4.69) is 20.7 Å². The Morgan fingerprint density at radius 1 is 1.04 bits per heavy atom. The van der Waals surface area contributed by atoms with Crippen molar-refractivity contribution in [2.45, 2.75) is 6.54 Å². The van der Waals surface area contributed by atoms with Gasteiger partial charge in [-0.15, -0.1) is 0 Å². The van der Waals surface area contributed by atoms with E-state index < -0.39 is 5.97 Å². The van der Waals surface area contributed by atoms with E-state index in [1.165, 1.54) is 0 Å². The highest BCUT2D eigenvalue weighted by Gasteiger charge is 2.17. The number of ether oxygens (including phenoxy) is 2. The minimum atomic E-state index is -0.408. The molecule has 0 saturated heterocycles. The summed E-state index contributed by atoms with van der Waals surface area (Å²) < 4.78 is 11.1. The number of benzene rings is 2. The predicted octanol–water partition coefficient (Wildman–Crippen LogP) is 0.215. The predicted molar refractivity (Wildman–Crippen MR) is 99.7 cm³/mol. The number of rotatable bonds is 8. The molecule has 27 heavy (non-hydrogen) atoms. The van der Waals surface area contributed by atoms with Crippen molar-refractivity contribution in [3.8, 4) is 5.75 Å². The van der Waals surface area contributed by atoms with Gasteiger partial charge in [0.25, 0.3) is 0 Å². The molecule has 144 valence electrons. The molecule has 6 heteroatoms. The lowest BCUT2D eigenvalue weighted by Crippen LogP contribution is -3.00. The number of halogens is 1. The number of esters is 2. The molecule has 2 aromatic rings. The first-order chi connectivity index (χ1) is 12.4. The number of quaternary nitrogens is 1. The molecule has 2 rings (SSSR count). The normalized spacial score (nSPS) is 10.4. The smallest absolute Gasteiger partial charge is 0.343 e. The Labute approximate surface area is 166 Å². The SMILES string of the molecule is C=CC(=O)OCC[N+](C)(C)Cc1ccc(OC(=O)c2ccccc2)cc1.[Cl-]. The first-order valence-corrected chi connectivity index (χ1v) is 8.37. The maximum absolute atomic E-state index is 12.1. The molecule has 0 aliphatic carbocycles. The fourth-order valence-corrected chi connectivity index (χ4v) is 2.43. The van der Waals surface area contributed by atoms with Crippen LogP contribution in [0.4, 0.5) is 0 Å². The van der Waals surface area contributed by atoms with Gasteiger partial charge in [0.15, 0.2) is 0 Å². The van der Waals surface area contributed by atoms with E-state index in [0.29, 0.717) is 28.9 Å². The first-order valence-electron chi connectivity index (χ1n) is 8.37. The van der Waals surface area contributed by atoms with E-state index in [0.717, 1.165) is 18.2 Å². The van der Waals surface area contributed by atoms with Gasteiger partial charge in [-0.3, -0.25) is 0 Å². The summed E-state index contributed by atoms with van der Waals surface area (Å²) in [6, 6.07) is 16.3. The summed E-state index contributed by atoms with van der Waals surface area (Å²) in [5.74, 6) is -0.277. The van der Waals surface area contributed by atoms with Crippen LogP contribution in [0.25, 0.3) is 0 Å². The van der Waals surface area contributed by atoms with E-state index in [9.17, 15) is 9.59 Å². The first kappa shape index (κ1) is 22.4. The summed E-state index contributed by atoms with van der Waals surface area (Å²) >= 11 is 0. The number of carbonyl (C=O) groups excluding carboxylic acids is 2. The van der Waals surface area contributed by atoms with Crippen LogP contribution < -0.4 is 17.1 Å². The third-order valence-electron chi connectivity index (χ3n) is 3.86. The number of hydrogen-bond donors (Lipinski definition) is 0. The van der Waals surface area contributed by atoms with Crippen LogP contribution in [-0.2, 0) is 16.1 Å². The Kier molecular flexibility index (Phi) is 8.72. The second kappa shape index (κ2) is 10.5. The van der Waals surface area contributed by atoms with Crippen molar-refractivity contribution >= 4 is 11.9 Å². The summed E-state index contributed by atoms with van der Waals surface area (Å²) in [5, 5.41) is 0. The lowest BCUT2D eigenvalue weighted by molar-refractivity contribution is -0.903. The second-order valence-corrected chi connectivity index (χ2v) is 6.59. The molecular formula is C21H24ClNO4. The molecule has 0 aliphatic rings.